The Kier molecular flexibility index (Phi) is 1.65. The highest BCUT2D eigenvalue weighted by Gasteiger charge is 2.23. The number of aldehydes is 1. The van der Waals surface area contributed by atoms with Gasteiger partial charge < -0.3 is 0 Å². The number of carbonyl (C=O) groups is 1. The molecule has 0 amide bonds. The Hall–Kier alpha value is -2.03. The fourth-order valence-corrected chi connectivity index (χ4v) is 2.01. The molecule has 3 heteroatoms. The van der Waals surface area contributed by atoms with Crippen LogP contribution in [0.1, 0.15) is 11.3 Å². The quantitative estimate of drug-likeness (QED) is 0.639. The van der Waals surface area contributed by atoms with Crippen LogP contribution >= 0.6 is 0 Å². The predicted octanol–water partition coefficient (Wildman–Crippen LogP) is 1.56. The van der Waals surface area contributed by atoms with Crippen molar-refractivity contribution in [2.75, 3.05) is 0 Å². The lowest BCUT2D eigenvalue weighted by Crippen LogP contribution is -2.09. The van der Waals surface area contributed by atoms with Crippen molar-refractivity contribution in [3.63, 3.8) is 0 Å². The molecule has 2 aliphatic rings. The van der Waals surface area contributed by atoms with E-state index in [1.54, 1.807) is 18.6 Å². The molecule has 2 heterocycles. The number of aromatic nitrogens is 1. The molecule has 3 rings (SSSR count). The van der Waals surface area contributed by atoms with Gasteiger partial charge in [0.1, 0.15) is 0 Å². The summed E-state index contributed by atoms with van der Waals surface area (Å²) in [5, 5.41) is 0. The van der Waals surface area contributed by atoms with E-state index < -0.39 is 0 Å². The highest BCUT2D eigenvalue weighted by molar-refractivity contribution is 6.18. The van der Waals surface area contributed by atoms with Crippen LogP contribution in [-0.4, -0.2) is 17.5 Å². The minimum absolute atomic E-state index is 0.705. The lowest BCUT2D eigenvalue weighted by atomic mass is 9.87. The van der Waals surface area contributed by atoms with Gasteiger partial charge in [0.05, 0.1) is 5.69 Å². The van der Waals surface area contributed by atoms with E-state index in [9.17, 15) is 4.79 Å². The first-order valence-corrected chi connectivity index (χ1v) is 4.76. The molecule has 1 aromatic rings. The summed E-state index contributed by atoms with van der Waals surface area (Å²) >= 11 is 0. The van der Waals surface area contributed by atoms with Crippen molar-refractivity contribution < 1.29 is 4.79 Å². The van der Waals surface area contributed by atoms with E-state index in [1.807, 2.05) is 12.1 Å². The molecule has 0 unspecified atom stereocenters. The van der Waals surface area contributed by atoms with Crippen molar-refractivity contribution in [2.24, 2.45) is 4.99 Å². The monoisotopic (exact) mass is 196 g/mol. The number of allylic oxidation sites excluding steroid dienone is 3. The zero-order valence-electron chi connectivity index (χ0n) is 7.97. The lowest BCUT2D eigenvalue weighted by molar-refractivity contribution is -0.103. The summed E-state index contributed by atoms with van der Waals surface area (Å²) in [6.07, 6.45) is 6.96. The Balaban J connectivity index is 2.31. The minimum Gasteiger partial charge on any atom is -0.298 e. The molecule has 0 N–H and O–H groups in total. The predicted molar refractivity (Wildman–Crippen MR) is 57.5 cm³/mol. The number of fused-ring (bicyclic) bond motifs is 2. The van der Waals surface area contributed by atoms with Gasteiger partial charge in [0.15, 0.2) is 6.29 Å². The zero-order chi connectivity index (χ0) is 10.3. The van der Waals surface area contributed by atoms with Crippen LogP contribution in [0.3, 0.4) is 0 Å². The van der Waals surface area contributed by atoms with E-state index in [4.69, 9.17) is 0 Å². The maximum Gasteiger partial charge on any atom is 0.151 e. The van der Waals surface area contributed by atoms with E-state index in [1.165, 1.54) is 0 Å². The SMILES string of the molecule is O=CC1=C2C=NC=C2Cc2ncccc21. The molecule has 1 aliphatic heterocycles. The maximum atomic E-state index is 11.1. The molecule has 0 bridgehead atoms. The average molecular weight is 196 g/mol. The third kappa shape index (κ3) is 1.09. The van der Waals surface area contributed by atoms with Gasteiger partial charge in [-0.1, -0.05) is 6.07 Å². The van der Waals surface area contributed by atoms with Gasteiger partial charge in [0.25, 0.3) is 0 Å². The highest BCUT2D eigenvalue weighted by Crippen LogP contribution is 2.33. The summed E-state index contributed by atoms with van der Waals surface area (Å²) in [5.41, 5.74) is 4.64. The third-order valence-electron chi connectivity index (χ3n) is 2.73. The molecule has 1 aliphatic carbocycles. The van der Waals surface area contributed by atoms with E-state index >= 15 is 0 Å². The first-order chi connectivity index (χ1) is 7.40. The Morgan fingerprint density at radius 3 is 3.20 bits per heavy atom. The fourth-order valence-electron chi connectivity index (χ4n) is 2.01. The number of rotatable bonds is 1. The van der Waals surface area contributed by atoms with E-state index in [-0.39, 0.29) is 0 Å². The van der Waals surface area contributed by atoms with Crippen LogP contribution in [0.25, 0.3) is 5.57 Å². The van der Waals surface area contributed by atoms with Crippen LogP contribution in [0.4, 0.5) is 0 Å². The largest absolute Gasteiger partial charge is 0.298 e. The smallest absolute Gasteiger partial charge is 0.151 e. The minimum atomic E-state index is 0.705. The van der Waals surface area contributed by atoms with Crippen LogP contribution in [0.2, 0.25) is 0 Å². The lowest BCUT2D eigenvalue weighted by Gasteiger charge is -2.17. The van der Waals surface area contributed by atoms with Crippen LogP contribution in [0.5, 0.6) is 0 Å². The molecular formula is C12H8N2O. The number of hydrogen-bond donors (Lipinski definition) is 0. The molecule has 0 saturated carbocycles. The number of aliphatic imine (C=N–C) groups is 1. The molecule has 72 valence electrons. The molecule has 0 atom stereocenters. The summed E-state index contributed by atoms with van der Waals surface area (Å²) in [5.74, 6) is 0. The summed E-state index contributed by atoms with van der Waals surface area (Å²) in [4.78, 5) is 19.5. The molecular weight excluding hydrogens is 188 g/mol. The number of hydrogen-bond acceptors (Lipinski definition) is 3. The maximum absolute atomic E-state index is 11.1. The average Bonchev–Trinajstić information content (AvgIpc) is 2.73. The van der Waals surface area contributed by atoms with Gasteiger partial charge in [-0.15, -0.1) is 0 Å². The Morgan fingerprint density at radius 2 is 2.33 bits per heavy atom. The fraction of sp³-hybridized carbons (Fsp3) is 0.0833. The van der Waals surface area contributed by atoms with Crippen molar-refractivity contribution in [2.45, 2.75) is 6.42 Å². The Bertz CT molecular complexity index is 538. The van der Waals surface area contributed by atoms with Crippen LogP contribution in [0.15, 0.2) is 40.7 Å². The van der Waals surface area contributed by atoms with Crippen molar-refractivity contribution in [1.29, 1.82) is 0 Å². The summed E-state index contributed by atoms with van der Waals surface area (Å²) < 4.78 is 0. The summed E-state index contributed by atoms with van der Waals surface area (Å²) in [6, 6.07) is 3.78. The Morgan fingerprint density at radius 1 is 1.40 bits per heavy atom. The first kappa shape index (κ1) is 8.29. The third-order valence-corrected chi connectivity index (χ3v) is 2.73. The second kappa shape index (κ2) is 2.98. The van der Waals surface area contributed by atoms with Crippen molar-refractivity contribution >= 4 is 18.1 Å². The van der Waals surface area contributed by atoms with Crippen LogP contribution in [0, 0.1) is 0 Å². The van der Waals surface area contributed by atoms with Crippen molar-refractivity contribution in [1.82, 2.24) is 4.98 Å². The first-order valence-electron chi connectivity index (χ1n) is 4.76. The summed E-state index contributed by atoms with van der Waals surface area (Å²) in [6.45, 7) is 0. The number of nitrogens with zero attached hydrogens (tertiary/aromatic N) is 2. The van der Waals surface area contributed by atoms with Gasteiger partial charge >= 0.3 is 0 Å². The molecule has 0 radical (unpaired) electrons. The molecule has 15 heavy (non-hydrogen) atoms. The topological polar surface area (TPSA) is 42.3 Å². The van der Waals surface area contributed by atoms with Crippen LogP contribution in [-0.2, 0) is 11.2 Å². The number of carbonyl (C=O) groups excluding carboxylic acids is 1. The Labute approximate surface area is 86.9 Å². The second-order valence-corrected chi connectivity index (χ2v) is 3.55. The van der Waals surface area contributed by atoms with Gasteiger partial charge in [0.2, 0.25) is 0 Å². The van der Waals surface area contributed by atoms with Gasteiger partial charge in [-0.2, -0.15) is 0 Å². The zero-order valence-corrected chi connectivity index (χ0v) is 7.97. The van der Waals surface area contributed by atoms with Gasteiger partial charge in [0, 0.05) is 41.7 Å². The summed E-state index contributed by atoms with van der Waals surface area (Å²) in [7, 11) is 0. The number of pyridine rings is 1. The van der Waals surface area contributed by atoms with E-state index in [2.05, 4.69) is 9.98 Å². The van der Waals surface area contributed by atoms with Crippen LogP contribution < -0.4 is 0 Å². The molecule has 0 saturated heterocycles. The van der Waals surface area contributed by atoms with Gasteiger partial charge in [-0.25, -0.2) is 0 Å². The van der Waals surface area contributed by atoms with Crippen molar-refractivity contribution in [3.05, 3.63) is 46.9 Å². The molecule has 0 spiro atoms. The van der Waals surface area contributed by atoms with E-state index in [0.717, 1.165) is 35.1 Å². The van der Waals surface area contributed by atoms with E-state index in [0.29, 0.717) is 5.57 Å². The van der Waals surface area contributed by atoms with Gasteiger partial charge in [-0.3, -0.25) is 14.8 Å². The standard InChI is InChI=1S/C12H8N2O/c15-7-11-9-2-1-3-14-12(9)4-8-5-13-6-10(8)11/h1-3,5-7H,4H2. The highest BCUT2D eigenvalue weighted by atomic mass is 16.1. The van der Waals surface area contributed by atoms with Gasteiger partial charge in [-0.05, 0) is 11.6 Å². The molecule has 0 aromatic carbocycles. The van der Waals surface area contributed by atoms with Crippen molar-refractivity contribution in [3.8, 4) is 0 Å². The molecule has 1 aromatic heterocycles. The normalized spacial score (nSPS) is 17.2. The molecule has 3 nitrogen and oxygen atoms in total. The molecule has 0 fully saturated rings. The second-order valence-electron chi connectivity index (χ2n) is 3.55.